The van der Waals surface area contributed by atoms with Crippen LogP contribution in [-0.4, -0.2) is 33.0 Å². The number of nitrogens with zero attached hydrogens (tertiary/aromatic N) is 3. The van der Waals surface area contributed by atoms with Gasteiger partial charge in [0.1, 0.15) is 5.69 Å². The van der Waals surface area contributed by atoms with Crippen molar-refractivity contribution in [2.75, 3.05) is 11.4 Å². The van der Waals surface area contributed by atoms with Gasteiger partial charge >= 0.3 is 0 Å². The molecule has 0 radical (unpaired) electrons. The zero-order valence-corrected chi connectivity index (χ0v) is 12.6. The number of H-pyrrole nitrogens is 1. The number of rotatable bonds is 2. The molecule has 0 saturated heterocycles. The molecule has 1 aliphatic heterocycles. The van der Waals surface area contributed by atoms with E-state index in [9.17, 15) is 5.21 Å². The summed E-state index contributed by atoms with van der Waals surface area (Å²) in [6.45, 7) is 6.54. The van der Waals surface area contributed by atoms with Gasteiger partial charge in [-0.1, -0.05) is 18.2 Å². The van der Waals surface area contributed by atoms with Gasteiger partial charge in [0.05, 0.1) is 0 Å². The van der Waals surface area contributed by atoms with E-state index in [0.717, 1.165) is 23.7 Å². The van der Waals surface area contributed by atoms with Gasteiger partial charge in [0, 0.05) is 39.2 Å². The molecule has 110 valence electrons. The lowest BCUT2D eigenvalue weighted by molar-refractivity contribution is -0.530. The number of aromatic amines is 1. The van der Waals surface area contributed by atoms with Crippen molar-refractivity contribution in [3.8, 4) is 0 Å². The third-order valence-electron chi connectivity index (χ3n) is 3.64. The Morgan fingerprint density at radius 2 is 2.10 bits per heavy atom. The molecule has 1 aromatic heterocycles. The lowest BCUT2D eigenvalue weighted by Gasteiger charge is -2.18. The molecule has 1 N–H and O–H groups in total. The Morgan fingerprint density at radius 1 is 1.33 bits per heavy atom. The second-order valence-electron chi connectivity index (χ2n) is 6.31. The van der Waals surface area contributed by atoms with E-state index < -0.39 is 5.54 Å². The fourth-order valence-corrected chi connectivity index (χ4v) is 2.40. The SMILES string of the molecule is CC(C)(C)/[N+]([O-])=C/c1c[nH]c(N2CCc3ccccc32)n1. The number of hydroxylamine groups is 1. The summed E-state index contributed by atoms with van der Waals surface area (Å²) in [6, 6.07) is 8.34. The first-order valence-electron chi connectivity index (χ1n) is 7.17. The summed E-state index contributed by atoms with van der Waals surface area (Å²) < 4.78 is 0.935. The van der Waals surface area contributed by atoms with E-state index in [0.29, 0.717) is 5.69 Å². The van der Waals surface area contributed by atoms with Crippen molar-refractivity contribution in [2.24, 2.45) is 0 Å². The fourth-order valence-electron chi connectivity index (χ4n) is 2.40. The molecule has 0 saturated carbocycles. The summed E-state index contributed by atoms with van der Waals surface area (Å²) in [6.07, 6.45) is 4.32. The van der Waals surface area contributed by atoms with E-state index in [1.54, 1.807) is 6.20 Å². The second kappa shape index (κ2) is 4.91. The zero-order valence-electron chi connectivity index (χ0n) is 12.6. The van der Waals surface area contributed by atoms with Crippen LogP contribution >= 0.6 is 0 Å². The van der Waals surface area contributed by atoms with Crippen LogP contribution in [-0.2, 0) is 6.42 Å². The lowest BCUT2D eigenvalue weighted by atomic mass is 10.1. The third kappa shape index (κ3) is 2.63. The van der Waals surface area contributed by atoms with Gasteiger partial charge in [0.25, 0.3) is 0 Å². The summed E-state index contributed by atoms with van der Waals surface area (Å²) >= 11 is 0. The van der Waals surface area contributed by atoms with Gasteiger partial charge < -0.3 is 15.1 Å². The minimum Gasteiger partial charge on any atom is -0.623 e. The highest BCUT2D eigenvalue weighted by atomic mass is 16.5. The van der Waals surface area contributed by atoms with Crippen LogP contribution in [0.2, 0.25) is 0 Å². The minimum atomic E-state index is -0.459. The van der Waals surface area contributed by atoms with Crippen LogP contribution in [0.4, 0.5) is 11.6 Å². The molecule has 5 nitrogen and oxygen atoms in total. The fraction of sp³-hybridized carbons (Fsp3) is 0.375. The highest BCUT2D eigenvalue weighted by Crippen LogP contribution is 2.32. The van der Waals surface area contributed by atoms with Crippen molar-refractivity contribution >= 4 is 17.9 Å². The quantitative estimate of drug-likeness (QED) is 0.399. The molecule has 2 aromatic rings. The van der Waals surface area contributed by atoms with Crippen LogP contribution in [0, 0.1) is 5.21 Å². The Labute approximate surface area is 124 Å². The van der Waals surface area contributed by atoms with Gasteiger partial charge in [-0.2, -0.15) is 0 Å². The monoisotopic (exact) mass is 284 g/mol. The highest BCUT2D eigenvalue weighted by molar-refractivity contribution is 5.75. The van der Waals surface area contributed by atoms with Crippen LogP contribution in [0.1, 0.15) is 32.0 Å². The van der Waals surface area contributed by atoms with Gasteiger partial charge in [-0.3, -0.25) is 0 Å². The number of para-hydroxylation sites is 1. The number of aromatic nitrogens is 2. The Kier molecular flexibility index (Phi) is 3.20. The normalized spacial score (nSPS) is 15.4. The van der Waals surface area contributed by atoms with Crippen molar-refractivity contribution < 1.29 is 4.74 Å². The molecule has 0 atom stereocenters. The van der Waals surface area contributed by atoms with Crippen molar-refractivity contribution in [1.82, 2.24) is 9.97 Å². The van der Waals surface area contributed by atoms with E-state index in [2.05, 4.69) is 33.1 Å². The minimum absolute atomic E-state index is 0.459. The van der Waals surface area contributed by atoms with Gasteiger partial charge in [-0.05, 0) is 18.1 Å². The number of imidazole rings is 1. The van der Waals surface area contributed by atoms with Crippen molar-refractivity contribution in [3.63, 3.8) is 0 Å². The summed E-state index contributed by atoms with van der Waals surface area (Å²) in [5.74, 6) is 0.786. The Balaban J connectivity index is 1.87. The number of benzene rings is 1. The summed E-state index contributed by atoms with van der Waals surface area (Å²) in [5, 5.41) is 12.0. The Bertz CT molecular complexity index is 682. The number of hydrogen-bond acceptors (Lipinski definition) is 3. The van der Waals surface area contributed by atoms with Crippen molar-refractivity contribution in [1.29, 1.82) is 0 Å². The van der Waals surface area contributed by atoms with Crippen molar-refractivity contribution in [2.45, 2.75) is 32.7 Å². The number of anilines is 2. The summed E-state index contributed by atoms with van der Waals surface area (Å²) in [5.41, 5.74) is 2.71. The van der Waals surface area contributed by atoms with Crippen LogP contribution in [0.5, 0.6) is 0 Å². The molecule has 1 aromatic carbocycles. The molecule has 3 rings (SSSR count). The third-order valence-corrected chi connectivity index (χ3v) is 3.64. The van der Waals surface area contributed by atoms with Gasteiger partial charge in [-0.15, -0.1) is 0 Å². The van der Waals surface area contributed by atoms with Crippen LogP contribution in [0.25, 0.3) is 0 Å². The average Bonchev–Trinajstić information content (AvgIpc) is 3.03. The highest BCUT2D eigenvalue weighted by Gasteiger charge is 2.23. The first kappa shape index (κ1) is 13.7. The number of nitrogens with one attached hydrogen (secondary N) is 1. The maximum Gasteiger partial charge on any atom is 0.208 e. The molecule has 0 unspecified atom stereocenters. The molecule has 21 heavy (non-hydrogen) atoms. The first-order chi connectivity index (χ1) is 9.95. The lowest BCUT2D eigenvalue weighted by Crippen LogP contribution is -2.29. The molecule has 0 amide bonds. The molecule has 0 aliphatic carbocycles. The van der Waals surface area contributed by atoms with Crippen LogP contribution in [0.15, 0.2) is 30.5 Å². The van der Waals surface area contributed by atoms with E-state index in [1.165, 1.54) is 17.5 Å². The molecular formula is C16H20N4O. The molecule has 0 spiro atoms. The van der Waals surface area contributed by atoms with Gasteiger partial charge in [0.15, 0.2) is 5.54 Å². The topological polar surface area (TPSA) is 58.0 Å². The molecule has 0 bridgehead atoms. The van der Waals surface area contributed by atoms with Crippen LogP contribution < -0.4 is 4.90 Å². The van der Waals surface area contributed by atoms with E-state index in [1.807, 2.05) is 26.8 Å². The number of fused-ring (bicyclic) bond motifs is 1. The van der Waals surface area contributed by atoms with E-state index in [4.69, 9.17) is 0 Å². The van der Waals surface area contributed by atoms with E-state index >= 15 is 0 Å². The molecule has 5 heteroatoms. The maximum atomic E-state index is 12.0. The van der Waals surface area contributed by atoms with Crippen LogP contribution in [0.3, 0.4) is 0 Å². The molecule has 0 fully saturated rings. The number of hydrogen-bond donors (Lipinski definition) is 1. The largest absolute Gasteiger partial charge is 0.623 e. The predicted octanol–water partition coefficient (Wildman–Crippen LogP) is 2.83. The predicted molar refractivity (Wildman–Crippen MR) is 84.3 cm³/mol. The summed E-state index contributed by atoms with van der Waals surface area (Å²) in [7, 11) is 0. The standard InChI is InChI=1S/C16H20N4O/c1-16(2,3)20(21)11-13-10-17-15(18-13)19-9-8-12-6-4-5-7-14(12)19/h4-7,10-11H,8-9H2,1-3H3,(H,17,18)/b20-11-. The maximum absolute atomic E-state index is 12.0. The second-order valence-corrected chi connectivity index (χ2v) is 6.31. The van der Waals surface area contributed by atoms with Gasteiger partial charge in [0.2, 0.25) is 12.2 Å². The Hall–Kier alpha value is -2.30. The van der Waals surface area contributed by atoms with Gasteiger partial charge in [-0.25, -0.2) is 9.72 Å². The zero-order chi connectivity index (χ0) is 15.0. The van der Waals surface area contributed by atoms with Crippen molar-refractivity contribution in [3.05, 3.63) is 46.9 Å². The smallest absolute Gasteiger partial charge is 0.208 e. The summed E-state index contributed by atoms with van der Waals surface area (Å²) in [4.78, 5) is 9.83. The first-order valence-corrected chi connectivity index (χ1v) is 7.17. The Morgan fingerprint density at radius 3 is 2.86 bits per heavy atom. The van der Waals surface area contributed by atoms with E-state index in [-0.39, 0.29) is 0 Å². The molecular weight excluding hydrogens is 264 g/mol. The average molecular weight is 284 g/mol. The molecule has 2 heterocycles. The molecule has 1 aliphatic rings.